The number of piperidine rings is 1. The second-order valence-corrected chi connectivity index (χ2v) is 6.55. The Bertz CT molecular complexity index is 557. The van der Waals surface area contributed by atoms with E-state index in [9.17, 15) is 9.59 Å². The zero-order valence-corrected chi connectivity index (χ0v) is 13.5. The molecule has 1 N–H and O–H groups in total. The third-order valence-electron chi connectivity index (χ3n) is 5.31. The predicted molar refractivity (Wildman–Crippen MR) is 83.9 cm³/mol. The molecular formula is C17H24N2O4. The highest BCUT2D eigenvalue weighted by atomic mass is 16.5. The summed E-state index contributed by atoms with van der Waals surface area (Å²) in [6.07, 6.45) is 7.53. The third kappa shape index (κ3) is 3.13. The van der Waals surface area contributed by atoms with Gasteiger partial charge < -0.3 is 19.4 Å². The van der Waals surface area contributed by atoms with Crippen LogP contribution in [0.5, 0.6) is 0 Å². The van der Waals surface area contributed by atoms with Crippen LogP contribution in [0.2, 0.25) is 0 Å². The van der Waals surface area contributed by atoms with Crippen LogP contribution in [0.4, 0.5) is 0 Å². The quantitative estimate of drug-likeness (QED) is 0.868. The van der Waals surface area contributed by atoms with E-state index in [4.69, 9.17) is 9.15 Å². The lowest BCUT2D eigenvalue weighted by molar-refractivity contribution is -0.142. The van der Waals surface area contributed by atoms with Crippen molar-refractivity contribution in [2.24, 2.45) is 5.41 Å². The van der Waals surface area contributed by atoms with Gasteiger partial charge in [0.05, 0.1) is 18.4 Å². The Morgan fingerprint density at radius 1 is 1.52 bits per heavy atom. The van der Waals surface area contributed by atoms with Crippen LogP contribution in [-0.2, 0) is 9.53 Å². The molecule has 2 heterocycles. The van der Waals surface area contributed by atoms with Crippen molar-refractivity contribution in [2.75, 3.05) is 26.8 Å². The molecule has 2 aliphatic rings. The second kappa shape index (κ2) is 6.74. The number of nitrogens with one attached hydrogen (secondary N) is 1. The maximum atomic E-state index is 12.3. The highest BCUT2D eigenvalue weighted by Gasteiger charge is 2.50. The molecule has 2 fully saturated rings. The van der Waals surface area contributed by atoms with E-state index in [0.717, 1.165) is 25.7 Å². The molecule has 2 atom stereocenters. The Morgan fingerprint density at radius 3 is 3.13 bits per heavy atom. The zero-order valence-electron chi connectivity index (χ0n) is 13.5. The first kappa shape index (κ1) is 16.1. The fourth-order valence-electron chi connectivity index (χ4n) is 4.09. The Morgan fingerprint density at radius 2 is 2.39 bits per heavy atom. The number of ether oxygens (including phenoxy) is 1. The molecule has 1 aromatic rings. The largest absolute Gasteiger partial charge is 0.472 e. The molecule has 0 radical (unpaired) electrons. The molecule has 126 valence electrons. The first-order chi connectivity index (χ1) is 11.2. The molecule has 1 saturated heterocycles. The molecular weight excluding hydrogens is 296 g/mol. The van der Waals surface area contributed by atoms with E-state index in [1.807, 2.05) is 4.90 Å². The topological polar surface area (TPSA) is 71.8 Å². The lowest BCUT2D eigenvalue weighted by Crippen LogP contribution is -2.56. The van der Waals surface area contributed by atoms with Crippen LogP contribution in [0.15, 0.2) is 23.0 Å². The lowest BCUT2D eigenvalue weighted by atomic mass is 9.74. The van der Waals surface area contributed by atoms with Crippen molar-refractivity contribution in [3.8, 4) is 0 Å². The summed E-state index contributed by atoms with van der Waals surface area (Å²) in [5.74, 6) is 0.102. The van der Waals surface area contributed by atoms with Crippen molar-refractivity contribution >= 4 is 11.8 Å². The van der Waals surface area contributed by atoms with Crippen LogP contribution in [0.1, 0.15) is 42.5 Å². The molecule has 1 saturated carbocycles. The van der Waals surface area contributed by atoms with Gasteiger partial charge in [-0.3, -0.25) is 9.59 Å². The van der Waals surface area contributed by atoms with Gasteiger partial charge in [0, 0.05) is 38.1 Å². The van der Waals surface area contributed by atoms with Gasteiger partial charge >= 0.3 is 0 Å². The van der Waals surface area contributed by atoms with Crippen molar-refractivity contribution in [3.63, 3.8) is 0 Å². The Hall–Kier alpha value is -1.82. The molecule has 23 heavy (non-hydrogen) atoms. The summed E-state index contributed by atoms with van der Waals surface area (Å²) < 4.78 is 10.1. The summed E-state index contributed by atoms with van der Waals surface area (Å²) in [5.41, 5.74) is 0.542. The van der Waals surface area contributed by atoms with Gasteiger partial charge in [0.15, 0.2) is 0 Å². The molecule has 0 unspecified atom stereocenters. The average molecular weight is 320 g/mol. The minimum Gasteiger partial charge on any atom is -0.472 e. The zero-order chi connectivity index (χ0) is 16.3. The van der Waals surface area contributed by atoms with Gasteiger partial charge in [-0.25, -0.2) is 0 Å². The van der Waals surface area contributed by atoms with Crippen LogP contribution in [-0.4, -0.2) is 49.6 Å². The van der Waals surface area contributed by atoms with Gasteiger partial charge in [-0.05, 0) is 25.3 Å². The molecule has 1 aliphatic heterocycles. The summed E-state index contributed by atoms with van der Waals surface area (Å²) in [4.78, 5) is 26.4. The van der Waals surface area contributed by atoms with Crippen molar-refractivity contribution in [3.05, 3.63) is 24.2 Å². The number of carbonyl (C=O) groups is 2. The summed E-state index contributed by atoms with van der Waals surface area (Å²) in [7, 11) is 1.65. The number of methoxy groups -OCH3 is 1. The minimum absolute atomic E-state index is 0.00104. The van der Waals surface area contributed by atoms with Gasteiger partial charge in [0.1, 0.15) is 6.26 Å². The number of hydrogen-bond acceptors (Lipinski definition) is 4. The van der Waals surface area contributed by atoms with Crippen LogP contribution >= 0.6 is 0 Å². The highest BCUT2D eigenvalue weighted by Crippen LogP contribution is 2.47. The molecule has 0 spiro atoms. The monoisotopic (exact) mass is 320 g/mol. The Balaban J connectivity index is 1.68. The van der Waals surface area contributed by atoms with E-state index in [1.54, 1.807) is 13.2 Å². The van der Waals surface area contributed by atoms with Gasteiger partial charge in [-0.1, -0.05) is 6.42 Å². The SMILES string of the molecule is COCCN1C(=O)CC[C@]2(CNC(=O)c3ccoc3)CCC[C@@H]12. The molecule has 2 amide bonds. The minimum atomic E-state index is -0.112. The molecule has 0 bridgehead atoms. The van der Waals surface area contributed by atoms with Crippen LogP contribution < -0.4 is 5.32 Å². The maximum Gasteiger partial charge on any atom is 0.254 e. The molecule has 6 heteroatoms. The van der Waals surface area contributed by atoms with Crippen LogP contribution in [0.3, 0.4) is 0 Å². The molecule has 0 aromatic carbocycles. The van der Waals surface area contributed by atoms with Crippen molar-refractivity contribution in [2.45, 2.75) is 38.1 Å². The number of rotatable bonds is 6. The highest BCUT2D eigenvalue weighted by molar-refractivity contribution is 5.93. The van der Waals surface area contributed by atoms with E-state index < -0.39 is 0 Å². The smallest absolute Gasteiger partial charge is 0.254 e. The maximum absolute atomic E-state index is 12.3. The van der Waals surface area contributed by atoms with Gasteiger partial charge in [-0.15, -0.1) is 0 Å². The van der Waals surface area contributed by atoms with Crippen molar-refractivity contribution < 1.29 is 18.7 Å². The summed E-state index contributed by atoms with van der Waals surface area (Å²) in [5, 5.41) is 3.04. The standard InChI is InChI=1S/C17H24N2O4/c1-22-10-8-19-14-3-2-6-17(14,7-4-15(19)20)12-18-16(21)13-5-9-23-11-13/h5,9,11,14H,2-4,6-8,10,12H2,1H3,(H,18,21)/t14-,17+/m1/s1. The van der Waals surface area contributed by atoms with Crippen LogP contribution in [0, 0.1) is 5.41 Å². The first-order valence-electron chi connectivity index (χ1n) is 8.25. The first-order valence-corrected chi connectivity index (χ1v) is 8.25. The summed E-state index contributed by atoms with van der Waals surface area (Å²) in [6, 6.07) is 1.87. The normalized spacial score (nSPS) is 27.1. The number of furan rings is 1. The fraction of sp³-hybridized carbons (Fsp3) is 0.647. The van der Waals surface area contributed by atoms with Gasteiger partial charge in [0.25, 0.3) is 5.91 Å². The van der Waals surface area contributed by atoms with Gasteiger partial charge in [0.2, 0.25) is 5.91 Å². The Kier molecular flexibility index (Phi) is 4.71. The van der Waals surface area contributed by atoms with Crippen LogP contribution in [0.25, 0.3) is 0 Å². The predicted octanol–water partition coefficient (Wildman–Crippen LogP) is 1.82. The van der Waals surface area contributed by atoms with E-state index in [2.05, 4.69) is 5.32 Å². The number of hydrogen-bond donors (Lipinski definition) is 1. The van der Waals surface area contributed by atoms with Gasteiger partial charge in [-0.2, -0.15) is 0 Å². The fourth-order valence-corrected chi connectivity index (χ4v) is 4.09. The Labute approximate surface area is 136 Å². The second-order valence-electron chi connectivity index (χ2n) is 6.55. The van der Waals surface area contributed by atoms with E-state index in [0.29, 0.717) is 31.7 Å². The number of nitrogens with zero attached hydrogens (tertiary/aromatic N) is 1. The third-order valence-corrected chi connectivity index (χ3v) is 5.31. The average Bonchev–Trinajstić information content (AvgIpc) is 3.22. The molecule has 6 nitrogen and oxygen atoms in total. The number of amides is 2. The summed E-state index contributed by atoms with van der Waals surface area (Å²) >= 11 is 0. The molecule has 3 rings (SSSR count). The van der Waals surface area contributed by atoms with Crippen molar-refractivity contribution in [1.82, 2.24) is 10.2 Å². The van der Waals surface area contributed by atoms with E-state index >= 15 is 0 Å². The number of likely N-dealkylation sites (tertiary alicyclic amines) is 1. The number of fused-ring (bicyclic) bond motifs is 1. The lowest BCUT2D eigenvalue weighted by Gasteiger charge is -2.46. The molecule has 1 aliphatic carbocycles. The number of carbonyl (C=O) groups excluding carboxylic acids is 2. The summed E-state index contributed by atoms with van der Waals surface area (Å²) in [6.45, 7) is 1.80. The van der Waals surface area contributed by atoms with Crippen molar-refractivity contribution in [1.29, 1.82) is 0 Å². The molecule has 1 aromatic heterocycles. The van der Waals surface area contributed by atoms with E-state index in [-0.39, 0.29) is 23.3 Å². The van der Waals surface area contributed by atoms with E-state index in [1.165, 1.54) is 12.5 Å².